The summed E-state index contributed by atoms with van der Waals surface area (Å²) in [6.45, 7) is 6.52. The lowest BCUT2D eigenvalue weighted by Gasteiger charge is -2.33. The first kappa shape index (κ1) is 23.9. The quantitative estimate of drug-likeness (QED) is 0.309. The molecule has 0 unspecified atom stereocenters. The van der Waals surface area contributed by atoms with Crippen LogP contribution in [0, 0.1) is 0 Å². The van der Waals surface area contributed by atoms with E-state index in [4.69, 9.17) is 30.8 Å². The summed E-state index contributed by atoms with van der Waals surface area (Å²) in [5.41, 5.74) is 4.18. The van der Waals surface area contributed by atoms with Crippen LogP contribution >= 0.6 is 11.6 Å². The second-order valence-electron chi connectivity index (χ2n) is 10.6. The summed E-state index contributed by atoms with van der Waals surface area (Å²) in [6.07, 6.45) is 5.16. The highest BCUT2D eigenvalue weighted by molar-refractivity contribution is 6.30. The number of pyridine rings is 1. The molecular formula is C30H31ClN4O3. The van der Waals surface area contributed by atoms with E-state index < -0.39 is 5.79 Å². The number of benzene rings is 2. The maximum atomic E-state index is 6.46. The first-order chi connectivity index (χ1) is 18.6. The van der Waals surface area contributed by atoms with Gasteiger partial charge in [-0.15, -0.1) is 0 Å². The summed E-state index contributed by atoms with van der Waals surface area (Å²) in [5, 5.41) is 0.590. The molecule has 0 radical (unpaired) electrons. The van der Waals surface area contributed by atoms with Crippen molar-refractivity contribution in [2.24, 2.45) is 0 Å². The second kappa shape index (κ2) is 9.56. The zero-order valence-electron chi connectivity index (χ0n) is 21.5. The molecule has 0 saturated carbocycles. The minimum Gasteiger partial charge on any atom is -0.443 e. The van der Waals surface area contributed by atoms with Gasteiger partial charge in [-0.05, 0) is 68.6 Å². The second-order valence-corrected chi connectivity index (χ2v) is 11.1. The maximum Gasteiger partial charge on any atom is 0.292 e. The number of piperidine rings is 1. The van der Waals surface area contributed by atoms with Gasteiger partial charge in [0.2, 0.25) is 0 Å². The number of nitrogens with zero attached hydrogens (tertiary/aromatic N) is 4. The van der Waals surface area contributed by atoms with Gasteiger partial charge >= 0.3 is 0 Å². The fourth-order valence-electron chi connectivity index (χ4n) is 5.90. The molecule has 2 aromatic heterocycles. The van der Waals surface area contributed by atoms with E-state index in [0.717, 1.165) is 74.9 Å². The lowest BCUT2D eigenvalue weighted by molar-refractivity contribution is -0.0722. The number of rotatable bonds is 6. The molecule has 7 rings (SSSR count). The Bertz CT molecular complexity index is 1460. The normalized spacial score (nSPS) is 23.6. The Kier molecular flexibility index (Phi) is 6.02. The van der Waals surface area contributed by atoms with Crippen LogP contribution < -0.4 is 9.47 Å². The molecule has 8 heteroatoms. The molecule has 196 valence electrons. The molecule has 0 N–H and O–H groups in total. The number of ether oxygens (including phenoxy) is 3. The van der Waals surface area contributed by atoms with E-state index in [1.807, 2.05) is 25.1 Å². The maximum absolute atomic E-state index is 6.46. The number of imidazole rings is 1. The largest absolute Gasteiger partial charge is 0.443 e. The van der Waals surface area contributed by atoms with E-state index >= 15 is 0 Å². The molecule has 0 spiro atoms. The Morgan fingerprint density at radius 3 is 2.61 bits per heavy atom. The third-order valence-electron chi connectivity index (χ3n) is 8.11. The Hall–Kier alpha value is -3.13. The lowest BCUT2D eigenvalue weighted by Crippen LogP contribution is -2.35. The summed E-state index contributed by atoms with van der Waals surface area (Å²) in [6, 6.07) is 18.3. The monoisotopic (exact) mass is 530 g/mol. The zero-order valence-corrected chi connectivity index (χ0v) is 22.2. The van der Waals surface area contributed by atoms with Crippen molar-refractivity contribution in [2.75, 3.05) is 19.7 Å². The lowest BCUT2D eigenvalue weighted by atomic mass is 9.88. The van der Waals surface area contributed by atoms with Crippen LogP contribution in [0.15, 0.2) is 60.8 Å². The molecule has 3 aliphatic heterocycles. The van der Waals surface area contributed by atoms with E-state index in [-0.39, 0.29) is 0 Å². The molecule has 0 amide bonds. The summed E-state index contributed by atoms with van der Waals surface area (Å²) in [7, 11) is 0. The smallest absolute Gasteiger partial charge is 0.292 e. The average molecular weight is 531 g/mol. The summed E-state index contributed by atoms with van der Waals surface area (Å²) >= 11 is 6.04. The van der Waals surface area contributed by atoms with E-state index in [0.29, 0.717) is 22.7 Å². The molecule has 7 nitrogen and oxygen atoms in total. The predicted octanol–water partition coefficient (Wildman–Crippen LogP) is 5.90. The Balaban J connectivity index is 1.06. The fourth-order valence-corrected chi connectivity index (χ4v) is 6.01. The SMILES string of the molecule is C[C@@]1(c2ccc(Cl)cn2)Oc2cccc(C3CCN(Cc4nc5ccccc5n4C[C@@H]4CCO4)CC3)c2O1. The topological polar surface area (TPSA) is 61.6 Å². The number of halogens is 1. The summed E-state index contributed by atoms with van der Waals surface area (Å²) in [5.74, 6) is 2.19. The van der Waals surface area contributed by atoms with Gasteiger partial charge < -0.3 is 18.8 Å². The zero-order chi connectivity index (χ0) is 25.7. The highest BCUT2D eigenvalue weighted by Crippen LogP contribution is 2.49. The van der Waals surface area contributed by atoms with Crippen LogP contribution in [0.4, 0.5) is 0 Å². The van der Waals surface area contributed by atoms with Crippen molar-refractivity contribution in [1.29, 1.82) is 0 Å². The first-order valence-electron chi connectivity index (χ1n) is 13.5. The van der Waals surface area contributed by atoms with Gasteiger partial charge in [-0.1, -0.05) is 35.9 Å². The summed E-state index contributed by atoms with van der Waals surface area (Å²) in [4.78, 5) is 12.0. The number of para-hydroxylation sites is 3. The van der Waals surface area contributed by atoms with E-state index in [1.54, 1.807) is 6.20 Å². The fraction of sp³-hybridized carbons (Fsp3) is 0.400. The van der Waals surface area contributed by atoms with Crippen LogP contribution in [0.25, 0.3) is 11.0 Å². The number of likely N-dealkylation sites (tertiary alicyclic amines) is 1. The summed E-state index contributed by atoms with van der Waals surface area (Å²) < 4.78 is 20.9. The molecule has 2 saturated heterocycles. The standard InChI is InChI=1S/C30H31ClN4O3/c1-30(27-10-9-21(31)17-32-27)37-26-8-4-5-23(29(26)38-30)20-11-14-34(15-12-20)19-28-33-24-6-2-3-7-25(24)35(28)18-22-13-16-36-22/h2-10,17,20,22H,11-16,18-19H2,1H3/t22-,30+/m0/s1. The Morgan fingerprint density at radius 1 is 1.00 bits per heavy atom. The highest BCUT2D eigenvalue weighted by atomic mass is 35.5. The van der Waals surface area contributed by atoms with Crippen LogP contribution in [-0.4, -0.2) is 45.2 Å². The van der Waals surface area contributed by atoms with Gasteiger partial charge in [0.1, 0.15) is 11.5 Å². The van der Waals surface area contributed by atoms with Gasteiger partial charge in [-0.25, -0.2) is 4.98 Å². The molecule has 38 heavy (non-hydrogen) atoms. The van der Waals surface area contributed by atoms with Crippen molar-refractivity contribution in [2.45, 2.75) is 57.1 Å². The van der Waals surface area contributed by atoms with Crippen LogP contribution in [0.5, 0.6) is 11.5 Å². The van der Waals surface area contributed by atoms with Gasteiger partial charge in [-0.2, -0.15) is 0 Å². The first-order valence-corrected chi connectivity index (χ1v) is 13.8. The molecule has 3 aliphatic rings. The molecule has 2 fully saturated rings. The minimum atomic E-state index is -0.965. The third kappa shape index (κ3) is 4.32. The third-order valence-corrected chi connectivity index (χ3v) is 8.33. The van der Waals surface area contributed by atoms with Crippen LogP contribution in [-0.2, 0) is 23.6 Å². The number of fused-ring (bicyclic) bond motifs is 2. The number of hydrogen-bond acceptors (Lipinski definition) is 6. The minimum absolute atomic E-state index is 0.299. The molecule has 4 aromatic rings. The molecule has 0 bridgehead atoms. The van der Waals surface area contributed by atoms with Crippen molar-refractivity contribution < 1.29 is 14.2 Å². The van der Waals surface area contributed by atoms with Crippen LogP contribution in [0.3, 0.4) is 0 Å². The van der Waals surface area contributed by atoms with Crippen molar-refractivity contribution in [3.63, 3.8) is 0 Å². The van der Waals surface area contributed by atoms with E-state index in [1.165, 1.54) is 11.1 Å². The molecule has 0 aliphatic carbocycles. The van der Waals surface area contributed by atoms with Crippen LogP contribution in [0.1, 0.15) is 49.2 Å². The highest BCUT2D eigenvalue weighted by Gasteiger charge is 2.42. The van der Waals surface area contributed by atoms with E-state index in [2.05, 4.69) is 50.8 Å². The molecular weight excluding hydrogens is 500 g/mol. The number of hydrogen-bond donors (Lipinski definition) is 0. The van der Waals surface area contributed by atoms with Gasteiger partial charge in [0.25, 0.3) is 5.79 Å². The predicted molar refractivity (Wildman–Crippen MR) is 146 cm³/mol. The van der Waals surface area contributed by atoms with E-state index in [9.17, 15) is 0 Å². The molecule has 2 atom stereocenters. The van der Waals surface area contributed by atoms with Gasteiger partial charge in [-0.3, -0.25) is 9.88 Å². The van der Waals surface area contributed by atoms with Gasteiger partial charge in [0.15, 0.2) is 11.5 Å². The van der Waals surface area contributed by atoms with Crippen molar-refractivity contribution >= 4 is 22.6 Å². The van der Waals surface area contributed by atoms with Crippen molar-refractivity contribution in [1.82, 2.24) is 19.4 Å². The molecule has 2 aromatic carbocycles. The number of aromatic nitrogens is 3. The average Bonchev–Trinajstić information content (AvgIpc) is 3.44. The van der Waals surface area contributed by atoms with Gasteiger partial charge in [0, 0.05) is 25.3 Å². The Labute approximate surface area is 227 Å². The van der Waals surface area contributed by atoms with Crippen molar-refractivity contribution in [3.05, 3.63) is 82.9 Å². The van der Waals surface area contributed by atoms with Crippen molar-refractivity contribution in [3.8, 4) is 11.5 Å². The van der Waals surface area contributed by atoms with Crippen LogP contribution in [0.2, 0.25) is 5.02 Å². The Morgan fingerprint density at radius 2 is 1.84 bits per heavy atom. The van der Waals surface area contributed by atoms with Gasteiger partial charge in [0.05, 0.1) is 35.2 Å². The molecule has 5 heterocycles.